The fourth-order valence-electron chi connectivity index (χ4n) is 16.0. The number of carbonyl (C=O) groups is 7. The highest BCUT2D eigenvalue weighted by Gasteiger charge is 2.27. The summed E-state index contributed by atoms with van der Waals surface area (Å²) in [6, 6.07) is 90.9. The Hall–Kier alpha value is -17.8. The van der Waals surface area contributed by atoms with Crippen molar-refractivity contribution >= 4 is 115 Å². The number of amides is 7. The normalized spacial score (nSPS) is 14.0. The molecular weight excluding hydrogens is 1950 g/mol. The number of ether oxygens (including phenoxy) is 7. The summed E-state index contributed by atoms with van der Waals surface area (Å²) in [5.74, 6) is -0.496. The summed E-state index contributed by atoms with van der Waals surface area (Å²) in [6.45, 7) is 15.5. The topological polar surface area (TPSA) is 350 Å². The molecule has 0 saturated carbocycles. The van der Waals surface area contributed by atoms with Crippen LogP contribution < -0.4 is 11.5 Å². The summed E-state index contributed by atoms with van der Waals surface area (Å²) < 4.78 is 37.9. The van der Waals surface area contributed by atoms with Crippen molar-refractivity contribution in [3.63, 3.8) is 0 Å². The Kier molecular flexibility index (Phi) is 41.0. The van der Waals surface area contributed by atoms with E-state index in [0.29, 0.717) is 122 Å². The van der Waals surface area contributed by atoms with Gasteiger partial charge in [0.2, 0.25) is 11.6 Å². The second kappa shape index (κ2) is 57.0. The number of pyridine rings is 6. The molecule has 0 aliphatic carbocycles. The molecule has 0 bridgehead atoms. The van der Waals surface area contributed by atoms with Crippen LogP contribution in [0, 0.1) is 6.57 Å². The van der Waals surface area contributed by atoms with E-state index in [1.54, 1.807) is 79.5 Å². The van der Waals surface area contributed by atoms with Gasteiger partial charge in [0.1, 0.15) is 39.6 Å². The van der Waals surface area contributed by atoms with Crippen LogP contribution in [0.15, 0.2) is 368 Å². The molecule has 7 amide bonds. The summed E-state index contributed by atoms with van der Waals surface area (Å²) in [5.41, 5.74) is 33.5. The molecule has 7 aromatic carbocycles. The minimum absolute atomic E-state index is 0.267. The van der Waals surface area contributed by atoms with E-state index in [4.69, 9.17) is 51.2 Å². The van der Waals surface area contributed by atoms with Crippen molar-refractivity contribution < 1.29 is 66.7 Å². The van der Waals surface area contributed by atoms with Crippen LogP contribution in [0.1, 0.15) is 116 Å². The molecule has 0 unspecified atom stereocenters. The SMILES string of the molecule is COC=Nc1ccc(C2=CCN(C(=O)OCc3ccccc3)CC2)nc1.NC(=O)c1ccc(C2=CCN(C(=O)OCc3ccccc3)CC2)nc1.Nc1ccc(C2=CCN(C(=O)OCc3ccccc3)CC2)nc1.O=C(OCc1ccccc1)N1CC=C(c2ccc(-c3ccccc3)cn2)CC1.O=C(OCc1ccccc1)N1CC=C(c2ccc(Br)cn2)CC1.[C-]#[N+]c1ccc(C2=CCN(C(=O)OCc3ccccc3)CC2)nc1. The van der Waals surface area contributed by atoms with Gasteiger partial charge in [-0.2, -0.15) is 0 Å². The Labute approximate surface area is 875 Å². The van der Waals surface area contributed by atoms with Crippen LogP contribution in [0.3, 0.4) is 0 Å². The molecule has 758 valence electrons. The van der Waals surface area contributed by atoms with E-state index in [1.807, 2.05) is 279 Å². The lowest BCUT2D eigenvalue weighted by molar-refractivity contribution is 0.0990. The lowest BCUT2D eigenvalue weighted by Gasteiger charge is -2.25. The first-order valence-corrected chi connectivity index (χ1v) is 49.5. The van der Waals surface area contributed by atoms with Crippen molar-refractivity contribution in [2.24, 2.45) is 10.7 Å². The van der Waals surface area contributed by atoms with Gasteiger partial charge in [0, 0.05) is 113 Å². The maximum absolute atomic E-state index is 12.3. The molecule has 0 saturated heterocycles. The Morgan fingerprint density at radius 2 is 0.597 bits per heavy atom. The summed E-state index contributed by atoms with van der Waals surface area (Å²) in [6.07, 6.45) is 26.3. The minimum atomic E-state index is -0.496. The summed E-state index contributed by atoms with van der Waals surface area (Å²) >= 11 is 3.38. The van der Waals surface area contributed by atoms with Crippen molar-refractivity contribution in [2.75, 3.05) is 91.4 Å². The zero-order valence-electron chi connectivity index (χ0n) is 82.6. The van der Waals surface area contributed by atoms with Crippen molar-refractivity contribution in [3.8, 4) is 11.1 Å². The van der Waals surface area contributed by atoms with Crippen molar-refractivity contribution in [2.45, 2.75) is 78.2 Å². The number of primary amides is 1. The first kappa shape index (κ1) is 107. The lowest BCUT2D eigenvalue weighted by Crippen LogP contribution is -2.35. The summed E-state index contributed by atoms with van der Waals surface area (Å²) in [4.78, 5) is 128. The molecule has 0 spiro atoms. The smallest absolute Gasteiger partial charge is 0.410 e. The number of rotatable bonds is 22. The number of carbonyl (C=O) groups excluding carboxylic acids is 7. The molecule has 13 aromatic rings. The molecule has 149 heavy (non-hydrogen) atoms. The van der Waals surface area contributed by atoms with E-state index in [-0.39, 0.29) is 56.4 Å². The zero-order valence-corrected chi connectivity index (χ0v) is 84.2. The molecule has 31 heteroatoms. The molecule has 4 N–H and O–H groups in total. The van der Waals surface area contributed by atoms with Gasteiger partial charge in [-0.05, 0) is 188 Å². The number of anilines is 1. The number of aliphatic imine (C=N–C) groups is 1. The van der Waals surface area contributed by atoms with E-state index in [0.717, 1.165) is 143 Å². The third-order valence-corrected chi connectivity index (χ3v) is 24.8. The first-order chi connectivity index (χ1) is 72.9. The number of aromatic nitrogens is 6. The number of hydrogen-bond donors (Lipinski definition) is 2. The molecule has 12 heterocycles. The van der Waals surface area contributed by atoms with Gasteiger partial charge in [-0.1, -0.05) is 261 Å². The van der Waals surface area contributed by atoms with Crippen LogP contribution in [0.4, 0.5) is 45.8 Å². The first-order valence-electron chi connectivity index (χ1n) is 48.7. The van der Waals surface area contributed by atoms with E-state index in [1.165, 1.54) is 23.7 Å². The monoisotopic (exact) mass is 2060 g/mol. The lowest BCUT2D eigenvalue weighted by atomic mass is 10.0. The van der Waals surface area contributed by atoms with Crippen LogP contribution in [-0.4, -0.2) is 194 Å². The average molecular weight is 2060 g/mol. The van der Waals surface area contributed by atoms with Gasteiger partial charge in [-0.25, -0.2) is 38.6 Å². The van der Waals surface area contributed by atoms with Crippen molar-refractivity contribution in [3.05, 3.63) is 448 Å². The maximum atomic E-state index is 12.3. The number of hydrogen-bond acceptors (Lipinski definition) is 22. The van der Waals surface area contributed by atoms with E-state index in [2.05, 4.69) is 86.0 Å². The Morgan fingerprint density at radius 3 is 0.832 bits per heavy atom. The average Bonchev–Trinajstić information content (AvgIpc) is 0.855. The van der Waals surface area contributed by atoms with Gasteiger partial charge in [-0.3, -0.25) is 34.7 Å². The maximum Gasteiger partial charge on any atom is 0.410 e. The fraction of sp³-hybridized carbons (Fsp3) is 0.212. The largest absolute Gasteiger partial charge is 0.486 e. The highest BCUT2D eigenvalue weighted by atomic mass is 79.9. The molecule has 6 aliphatic rings. The van der Waals surface area contributed by atoms with Gasteiger partial charge in [0.15, 0.2) is 6.40 Å². The van der Waals surface area contributed by atoms with Crippen LogP contribution in [0.5, 0.6) is 0 Å². The molecule has 30 nitrogen and oxygen atoms in total. The molecular formula is C118H115BrN16O14. The van der Waals surface area contributed by atoms with Gasteiger partial charge in [0.25, 0.3) is 0 Å². The van der Waals surface area contributed by atoms with Crippen molar-refractivity contribution in [1.29, 1.82) is 0 Å². The predicted molar refractivity (Wildman–Crippen MR) is 578 cm³/mol. The Balaban J connectivity index is 0.000000141. The van der Waals surface area contributed by atoms with E-state index >= 15 is 0 Å². The Bertz CT molecular complexity index is 6700. The van der Waals surface area contributed by atoms with Gasteiger partial charge < -0.3 is 74.0 Å². The third-order valence-electron chi connectivity index (χ3n) is 24.4. The fourth-order valence-corrected chi connectivity index (χ4v) is 16.2. The quantitative estimate of drug-likeness (QED) is 0.0275. The number of methoxy groups -OCH3 is 1. The van der Waals surface area contributed by atoms with Crippen molar-refractivity contribution in [1.82, 2.24) is 59.3 Å². The zero-order chi connectivity index (χ0) is 104. The third kappa shape index (κ3) is 34.2. The summed E-state index contributed by atoms with van der Waals surface area (Å²) in [7, 11) is 1.55. The van der Waals surface area contributed by atoms with E-state index in [9.17, 15) is 33.6 Å². The summed E-state index contributed by atoms with van der Waals surface area (Å²) in [5, 5.41) is 0. The van der Waals surface area contributed by atoms with E-state index < -0.39 is 5.91 Å². The molecule has 19 rings (SSSR count). The van der Waals surface area contributed by atoms with Gasteiger partial charge in [0.05, 0.1) is 77.2 Å². The number of halogens is 1. The van der Waals surface area contributed by atoms with Crippen LogP contribution in [-0.2, 0) is 72.8 Å². The second-order valence-electron chi connectivity index (χ2n) is 34.6. The number of nitrogen functional groups attached to an aromatic ring is 1. The standard InChI is InChI=1S/C24H22N2O2.C20H21N3O3.C19H19N3O3.C19H17N3O2.C18H17BrN2O2.C18H19N3O2/c27-24(28-18-19-7-3-1-4-8-19)26-15-13-21(14-16-26)23-12-11-22(17-25-23)20-9-5-2-6-10-20;1-25-15-22-18-7-8-19(21-13-18)17-9-11-23(12-10-17)20(24)26-14-16-5-3-2-4-6-16;20-18(23)16-6-7-17(21-12-16)15-8-10-22(11-9-15)19(24)25-13-14-4-2-1-3-5-14;1-20-17-7-8-18(21-13-17)16-9-11-22(12-10-16)19(23)24-14-15-5-3-2-4-6-15;2*19-16-6-7-17(20-12-16)15-8-10-21(11-9-15)18(22)23-13-14-4-2-1-3-5-14/h1-13,17H,14-16,18H2;2-9,13,15H,10-12,14H2,1H3;1-8,12H,9-11,13H2,(H2,20,23);2-9,13H,10-12,14H2;1-8,12H,9-11,13H2;1-8,12H,9-11,13,19H2. The molecule has 0 radical (unpaired) electrons. The number of benzene rings is 7. The van der Waals surface area contributed by atoms with Gasteiger partial charge >= 0.3 is 36.6 Å². The second-order valence-corrected chi connectivity index (χ2v) is 35.5. The van der Waals surface area contributed by atoms with Crippen LogP contribution in [0.25, 0.3) is 49.4 Å². The van der Waals surface area contributed by atoms with Crippen LogP contribution in [0.2, 0.25) is 0 Å². The van der Waals surface area contributed by atoms with Crippen LogP contribution >= 0.6 is 15.9 Å². The molecule has 0 atom stereocenters. The molecule has 0 fully saturated rings. The minimum Gasteiger partial charge on any atom is -0.486 e. The predicted octanol–water partition coefficient (Wildman–Crippen LogP) is 23.0. The highest BCUT2D eigenvalue weighted by Crippen LogP contribution is 2.31. The molecule has 6 aromatic heterocycles. The Morgan fingerprint density at radius 1 is 0.322 bits per heavy atom. The van der Waals surface area contributed by atoms with Gasteiger partial charge in [-0.15, -0.1) is 0 Å². The number of nitrogens with zero attached hydrogens (tertiary/aromatic N) is 14. The highest BCUT2D eigenvalue weighted by molar-refractivity contribution is 9.10. The number of nitrogens with two attached hydrogens (primary N) is 2. The molecule has 6 aliphatic heterocycles.